The van der Waals surface area contributed by atoms with Gasteiger partial charge in [0.1, 0.15) is 11.6 Å². The monoisotopic (exact) mass is 289 g/mol. The van der Waals surface area contributed by atoms with E-state index < -0.39 is 11.2 Å². The average Bonchev–Trinajstić information content (AvgIpc) is 2.56. The van der Waals surface area contributed by atoms with Crippen LogP contribution in [-0.2, 0) is 0 Å². The molecule has 3 rings (SSSR count). The van der Waals surface area contributed by atoms with E-state index >= 15 is 0 Å². The Morgan fingerprint density at radius 1 is 0.909 bits per heavy atom. The second-order valence-electron chi connectivity index (χ2n) is 4.63. The SMILES string of the molecule is N#Cc1c(-c2ccccc2)[nH]c(=O)n(-c2ccccc2)c1=O. The Kier molecular flexibility index (Phi) is 3.42. The summed E-state index contributed by atoms with van der Waals surface area (Å²) in [6.07, 6.45) is 0. The first-order valence-corrected chi connectivity index (χ1v) is 6.62. The number of H-pyrrole nitrogens is 1. The van der Waals surface area contributed by atoms with Crippen LogP contribution in [0.5, 0.6) is 0 Å². The van der Waals surface area contributed by atoms with E-state index in [1.54, 1.807) is 54.6 Å². The molecule has 1 aromatic heterocycles. The molecular formula is C17H11N3O2. The maximum atomic E-state index is 12.5. The zero-order valence-corrected chi connectivity index (χ0v) is 11.5. The molecule has 0 atom stereocenters. The van der Waals surface area contributed by atoms with E-state index in [1.807, 2.05) is 12.1 Å². The van der Waals surface area contributed by atoms with Crippen molar-refractivity contribution in [2.24, 2.45) is 0 Å². The number of para-hydroxylation sites is 1. The fraction of sp³-hybridized carbons (Fsp3) is 0. The lowest BCUT2D eigenvalue weighted by Gasteiger charge is -2.08. The van der Waals surface area contributed by atoms with E-state index in [1.165, 1.54) is 0 Å². The van der Waals surface area contributed by atoms with Crippen LogP contribution in [0.1, 0.15) is 5.56 Å². The van der Waals surface area contributed by atoms with E-state index in [-0.39, 0.29) is 11.3 Å². The van der Waals surface area contributed by atoms with E-state index in [0.717, 1.165) is 4.57 Å². The number of aromatic amines is 1. The molecule has 0 saturated heterocycles. The van der Waals surface area contributed by atoms with Crippen molar-refractivity contribution >= 4 is 0 Å². The maximum Gasteiger partial charge on any atom is 0.333 e. The van der Waals surface area contributed by atoms with Crippen LogP contribution in [0.2, 0.25) is 0 Å². The summed E-state index contributed by atoms with van der Waals surface area (Å²) < 4.78 is 0.963. The third-order valence-electron chi connectivity index (χ3n) is 3.29. The van der Waals surface area contributed by atoms with Crippen LogP contribution < -0.4 is 11.2 Å². The highest BCUT2D eigenvalue weighted by atomic mass is 16.2. The normalized spacial score (nSPS) is 10.1. The van der Waals surface area contributed by atoms with Gasteiger partial charge in [0.05, 0.1) is 11.4 Å². The van der Waals surface area contributed by atoms with E-state index in [9.17, 15) is 14.9 Å². The topological polar surface area (TPSA) is 78.7 Å². The Morgan fingerprint density at radius 2 is 1.50 bits per heavy atom. The summed E-state index contributed by atoms with van der Waals surface area (Å²) in [4.78, 5) is 27.5. The summed E-state index contributed by atoms with van der Waals surface area (Å²) in [5, 5.41) is 9.34. The predicted molar refractivity (Wildman–Crippen MR) is 82.8 cm³/mol. The minimum atomic E-state index is -0.628. The van der Waals surface area contributed by atoms with Gasteiger partial charge in [0.25, 0.3) is 5.56 Å². The van der Waals surface area contributed by atoms with Crippen LogP contribution in [0, 0.1) is 11.3 Å². The third kappa shape index (κ3) is 2.23. The van der Waals surface area contributed by atoms with E-state index in [0.29, 0.717) is 11.3 Å². The summed E-state index contributed by atoms with van der Waals surface area (Å²) in [6, 6.07) is 19.2. The third-order valence-corrected chi connectivity index (χ3v) is 3.29. The number of hydrogen-bond acceptors (Lipinski definition) is 3. The molecule has 2 aromatic carbocycles. The van der Waals surface area contributed by atoms with Crippen LogP contribution in [0.3, 0.4) is 0 Å². The standard InChI is InChI=1S/C17H11N3O2/c18-11-14-15(12-7-3-1-4-8-12)19-17(22)20(16(14)21)13-9-5-2-6-10-13/h1-10H,(H,19,22). The van der Waals surface area contributed by atoms with Crippen LogP contribution in [0.4, 0.5) is 0 Å². The minimum Gasteiger partial charge on any atom is -0.305 e. The fourth-order valence-corrected chi connectivity index (χ4v) is 2.27. The largest absolute Gasteiger partial charge is 0.333 e. The summed E-state index contributed by atoms with van der Waals surface area (Å²) >= 11 is 0. The van der Waals surface area contributed by atoms with E-state index in [2.05, 4.69) is 4.98 Å². The zero-order valence-electron chi connectivity index (χ0n) is 11.5. The van der Waals surface area contributed by atoms with Crippen molar-refractivity contribution in [2.75, 3.05) is 0 Å². The molecule has 0 radical (unpaired) electrons. The van der Waals surface area contributed by atoms with Crippen molar-refractivity contribution < 1.29 is 0 Å². The van der Waals surface area contributed by atoms with Crippen LogP contribution in [0.25, 0.3) is 16.9 Å². The number of nitrogens with one attached hydrogen (secondary N) is 1. The molecule has 0 unspecified atom stereocenters. The van der Waals surface area contributed by atoms with Gasteiger partial charge in [-0.2, -0.15) is 5.26 Å². The average molecular weight is 289 g/mol. The number of nitriles is 1. The Bertz CT molecular complexity index is 965. The minimum absolute atomic E-state index is 0.0883. The molecule has 0 aliphatic carbocycles. The van der Waals surface area contributed by atoms with Crippen molar-refractivity contribution in [3.8, 4) is 23.0 Å². The lowest BCUT2D eigenvalue weighted by Crippen LogP contribution is -2.35. The Morgan fingerprint density at radius 3 is 2.09 bits per heavy atom. The molecule has 0 aliphatic rings. The molecule has 0 amide bonds. The van der Waals surface area contributed by atoms with Crippen LogP contribution in [0.15, 0.2) is 70.3 Å². The van der Waals surface area contributed by atoms with Crippen LogP contribution >= 0.6 is 0 Å². The molecule has 1 N–H and O–H groups in total. The van der Waals surface area contributed by atoms with Crippen molar-refractivity contribution in [2.45, 2.75) is 0 Å². The van der Waals surface area contributed by atoms with Crippen molar-refractivity contribution in [1.82, 2.24) is 9.55 Å². The van der Waals surface area contributed by atoms with Crippen molar-refractivity contribution in [3.63, 3.8) is 0 Å². The quantitative estimate of drug-likeness (QED) is 0.784. The van der Waals surface area contributed by atoms with Gasteiger partial charge >= 0.3 is 5.69 Å². The van der Waals surface area contributed by atoms with Gasteiger partial charge in [0, 0.05) is 0 Å². The summed E-state index contributed by atoms with van der Waals surface area (Å²) in [5.41, 5.74) is -0.0105. The van der Waals surface area contributed by atoms with Crippen molar-refractivity contribution in [3.05, 3.63) is 87.1 Å². The molecule has 22 heavy (non-hydrogen) atoms. The van der Waals surface area contributed by atoms with Gasteiger partial charge in [-0.3, -0.25) is 4.79 Å². The van der Waals surface area contributed by atoms with Gasteiger partial charge in [0.2, 0.25) is 0 Å². The maximum absolute atomic E-state index is 12.5. The second kappa shape index (κ2) is 5.54. The first kappa shape index (κ1) is 13.6. The molecule has 106 valence electrons. The Balaban J connectivity index is 2.34. The Labute approximate surface area is 125 Å². The highest BCUT2D eigenvalue weighted by molar-refractivity contribution is 5.65. The summed E-state index contributed by atoms with van der Waals surface area (Å²) in [5.74, 6) is 0. The zero-order chi connectivity index (χ0) is 15.5. The molecular weight excluding hydrogens is 278 g/mol. The first-order valence-electron chi connectivity index (χ1n) is 6.62. The molecule has 0 saturated carbocycles. The molecule has 5 heteroatoms. The van der Waals surface area contributed by atoms with Gasteiger partial charge < -0.3 is 4.98 Å². The molecule has 0 aliphatic heterocycles. The highest BCUT2D eigenvalue weighted by Gasteiger charge is 2.15. The van der Waals surface area contributed by atoms with Gasteiger partial charge in [-0.25, -0.2) is 9.36 Å². The predicted octanol–water partition coefficient (Wildman–Crippen LogP) is 2.06. The molecule has 5 nitrogen and oxygen atoms in total. The molecule has 1 heterocycles. The smallest absolute Gasteiger partial charge is 0.305 e. The second-order valence-corrected chi connectivity index (χ2v) is 4.63. The molecule has 0 fully saturated rings. The fourth-order valence-electron chi connectivity index (χ4n) is 2.27. The number of rotatable bonds is 2. The molecule has 3 aromatic rings. The number of hydrogen-bond donors (Lipinski definition) is 1. The van der Waals surface area contributed by atoms with Gasteiger partial charge in [-0.15, -0.1) is 0 Å². The van der Waals surface area contributed by atoms with Crippen molar-refractivity contribution in [1.29, 1.82) is 5.26 Å². The molecule has 0 bridgehead atoms. The lowest BCUT2D eigenvalue weighted by atomic mass is 10.1. The lowest BCUT2D eigenvalue weighted by molar-refractivity contribution is 0.873. The highest BCUT2D eigenvalue weighted by Crippen LogP contribution is 2.17. The molecule has 0 spiro atoms. The number of aromatic nitrogens is 2. The summed E-state index contributed by atoms with van der Waals surface area (Å²) in [7, 11) is 0. The van der Waals surface area contributed by atoms with Gasteiger partial charge in [0.15, 0.2) is 0 Å². The van der Waals surface area contributed by atoms with Gasteiger partial charge in [-0.05, 0) is 17.7 Å². The summed E-state index contributed by atoms with van der Waals surface area (Å²) in [6.45, 7) is 0. The first-order chi connectivity index (χ1) is 10.7. The van der Waals surface area contributed by atoms with Crippen LogP contribution in [-0.4, -0.2) is 9.55 Å². The van der Waals surface area contributed by atoms with Gasteiger partial charge in [-0.1, -0.05) is 48.5 Å². The number of nitrogens with zero attached hydrogens (tertiary/aromatic N) is 2. The number of benzene rings is 2. The Hall–Kier alpha value is -3.39. The van der Waals surface area contributed by atoms with E-state index in [4.69, 9.17) is 0 Å².